The number of nitrogens with zero attached hydrogens (tertiary/aromatic N) is 2. The summed E-state index contributed by atoms with van der Waals surface area (Å²) in [6, 6.07) is 21.4. The van der Waals surface area contributed by atoms with Gasteiger partial charge in [-0.1, -0.05) is 36.4 Å². The van der Waals surface area contributed by atoms with Gasteiger partial charge in [0.1, 0.15) is 12.6 Å². The van der Waals surface area contributed by atoms with Crippen molar-refractivity contribution in [2.75, 3.05) is 38.7 Å². The highest BCUT2D eigenvalue weighted by molar-refractivity contribution is 5.62. The summed E-state index contributed by atoms with van der Waals surface area (Å²) < 4.78 is 0.798. The Morgan fingerprint density at radius 2 is 1.36 bits per heavy atom. The SMILES string of the molecule is CC(CN(c1ccccc1)c1ccccc1)[N+](C)(C)CCO. The predicted octanol–water partition coefficient (Wildman–Crippen LogP) is 3.28. The molecule has 0 saturated heterocycles. The van der Waals surface area contributed by atoms with Crippen LogP contribution in [0, 0.1) is 0 Å². The summed E-state index contributed by atoms with van der Waals surface area (Å²) in [7, 11) is 4.35. The van der Waals surface area contributed by atoms with Gasteiger partial charge < -0.3 is 14.5 Å². The average molecular weight is 299 g/mol. The minimum Gasteiger partial charge on any atom is -0.391 e. The van der Waals surface area contributed by atoms with Gasteiger partial charge in [0, 0.05) is 11.4 Å². The van der Waals surface area contributed by atoms with Gasteiger partial charge in [0.2, 0.25) is 0 Å². The molecule has 1 atom stereocenters. The van der Waals surface area contributed by atoms with Crippen LogP contribution in [0.25, 0.3) is 0 Å². The molecule has 2 aromatic carbocycles. The van der Waals surface area contributed by atoms with Gasteiger partial charge in [-0.05, 0) is 31.2 Å². The molecule has 22 heavy (non-hydrogen) atoms. The summed E-state index contributed by atoms with van der Waals surface area (Å²) in [6.45, 7) is 4.13. The number of likely N-dealkylation sites (N-methyl/N-ethyl adjacent to an activating group) is 1. The van der Waals surface area contributed by atoms with Crippen LogP contribution in [0.2, 0.25) is 0 Å². The van der Waals surface area contributed by atoms with E-state index in [1.54, 1.807) is 0 Å². The maximum atomic E-state index is 9.29. The second-order valence-electron chi connectivity index (χ2n) is 6.36. The van der Waals surface area contributed by atoms with Gasteiger partial charge in [0.25, 0.3) is 0 Å². The molecule has 3 nitrogen and oxygen atoms in total. The molecule has 0 amide bonds. The molecule has 2 aromatic rings. The first kappa shape index (κ1) is 16.5. The molecule has 0 aliphatic heterocycles. The Labute approximate surface area is 134 Å². The summed E-state index contributed by atoms with van der Waals surface area (Å²) >= 11 is 0. The maximum Gasteiger partial charge on any atom is 0.104 e. The standard InChI is InChI=1S/C19H27N2O/c1-17(21(2,3)14-15-22)16-20(18-10-6-4-7-11-18)19-12-8-5-9-13-19/h4-13,17,22H,14-16H2,1-3H3/q+1. The lowest BCUT2D eigenvalue weighted by Crippen LogP contribution is -2.53. The normalized spacial score (nSPS) is 12.9. The predicted molar refractivity (Wildman–Crippen MR) is 93.4 cm³/mol. The van der Waals surface area contributed by atoms with Gasteiger partial charge in [-0.2, -0.15) is 0 Å². The van der Waals surface area contributed by atoms with Crippen molar-refractivity contribution in [1.82, 2.24) is 0 Å². The van der Waals surface area contributed by atoms with Crippen LogP contribution in [0.5, 0.6) is 0 Å². The zero-order valence-corrected chi connectivity index (χ0v) is 13.8. The van der Waals surface area contributed by atoms with E-state index >= 15 is 0 Å². The third kappa shape index (κ3) is 4.09. The topological polar surface area (TPSA) is 23.5 Å². The fraction of sp³-hybridized carbons (Fsp3) is 0.368. The highest BCUT2D eigenvalue weighted by Gasteiger charge is 2.26. The molecule has 1 unspecified atom stereocenters. The van der Waals surface area contributed by atoms with E-state index in [4.69, 9.17) is 0 Å². The quantitative estimate of drug-likeness (QED) is 0.793. The zero-order valence-electron chi connectivity index (χ0n) is 13.8. The number of hydrogen-bond donors (Lipinski definition) is 1. The van der Waals surface area contributed by atoms with Crippen LogP contribution in [0.1, 0.15) is 6.92 Å². The van der Waals surface area contributed by atoms with Crippen molar-refractivity contribution < 1.29 is 9.59 Å². The van der Waals surface area contributed by atoms with Gasteiger partial charge >= 0.3 is 0 Å². The molecule has 0 aliphatic carbocycles. The van der Waals surface area contributed by atoms with Crippen LogP contribution in [0.3, 0.4) is 0 Å². The monoisotopic (exact) mass is 299 g/mol. The van der Waals surface area contributed by atoms with Crippen molar-refractivity contribution in [2.45, 2.75) is 13.0 Å². The van der Waals surface area contributed by atoms with Gasteiger partial charge in [0.05, 0.1) is 27.2 Å². The number of hydrogen-bond acceptors (Lipinski definition) is 2. The Morgan fingerprint density at radius 1 is 0.909 bits per heavy atom. The highest BCUT2D eigenvalue weighted by atomic mass is 16.3. The van der Waals surface area contributed by atoms with Crippen LogP contribution >= 0.6 is 0 Å². The third-order valence-electron chi connectivity index (χ3n) is 4.45. The molecule has 0 bridgehead atoms. The number of aliphatic hydroxyl groups excluding tert-OH is 1. The first-order valence-corrected chi connectivity index (χ1v) is 7.86. The Kier molecular flexibility index (Phi) is 5.58. The van der Waals surface area contributed by atoms with Crippen LogP contribution in [0.4, 0.5) is 11.4 Å². The number of anilines is 2. The van der Waals surface area contributed by atoms with Crippen molar-refractivity contribution in [1.29, 1.82) is 0 Å². The first-order chi connectivity index (χ1) is 10.5. The molecule has 0 fully saturated rings. The molecular formula is C19H27N2O+. The number of rotatable bonds is 7. The first-order valence-electron chi connectivity index (χ1n) is 7.86. The minimum atomic E-state index is 0.216. The van der Waals surface area contributed by atoms with Gasteiger partial charge in [-0.25, -0.2) is 0 Å². The van der Waals surface area contributed by atoms with Crippen molar-refractivity contribution in [3.63, 3.8) is 0 Å². The Balaban J connectivity index is 2.27. The van der Waals surface area contributed by atoms with E-state index < -0.39 is 0 Å². The number of para-hydroxylation sites is 2. The van der Waals surface area contributed by atoms with Crippen LogP contribution in [-0.4, -0.2) is 49.4 Å². The maximum absolute atomic E-state index is 9.29. The van der Waals surface area contributed by atoms with Crippen molar-refractivity contribution in [3.05, 3.63) is 60.7 Å². The van der Waals surface area contributed by atoms with E-state index in [-0.39, 0.29) is 6.61 Å². The molecule has 0 radical (unpaired) electrons. The lowest BCUT2D eigenvalue weighted by atomic mass is 10.1. The Morgan fingerprint density at radius 3 is 1.77 bits per heavy atom. The van der Waals surface area contributed by atoms with Gasteiger partial charge in [-0.3, -0.25) is 0 Å². The van der Waals surface area contributed by atoms with Crippen molar-refractivity contribution >= 4 is 11.4 Å². The fourth-order valence-electron chi connectivity index (χ4n) is 2.54. The average Bonchev–Trinajstić information content (AvgIpc) is 2.54. The molecule has 118 valence electrons. The highest BCUT2D eigenvalue weighted by Crippen LogP contribution is 2.26. The molecule has 0 saturated carbocycles. The molecule has 1 N–H and O–H groups in total. The van der Waals surface area contributed by atoms with Crippen molar-refractivity contribution in [3.8, 4) is 0 Å². The van der Waals surface area contributed by atoms with Crippen LogP contribution in [0.15, 0.2) is 60.7 Å². The van der Waals surface area contributed by atoms with Crippen LogP contribution in [-0.2, 0) is 0 Å². The van der Waals surface area contributed by atoms with Crippen LogP contribution < -0.4 is 4.90 Å². The molecule has 0 heterocycles. The fourth-order valence-corrected chi connectivity index (χ4v) is 2.54. The number of quaternary nitrogens is 1. The molecule has 0 aromatic heterocycles. The largest absolute Gasteiger partial charge is 0.391 e. The van der Waals surface area contributed by atoms with E-state index in [1.807, 2.05) is 12.1 Å². The van der Waals surface area contributed by atoms with E-state index in [9.17, 15) is 5.11 Å². The summed E-state index contributed by atoms with van der Waals surface area (Å²) in [5, 5.41) is 9.29. The van der Waals surface area contributed by atoms with E-state index in [0.29, 0.717) is 6.04 Å². The molecule has 3 heteroatoms. The smallest absolute Gasteiger partial charge is 0.104 e. The third-order valence-corrected chi connectivity index (χ3v) is 4.45. The Bertz CT molecular complexity index is 515. The minimum absolute atomic E-state index is 0.216. The zero-order chi connectivity index (χ0) is 16.0. The summed E-state index contributed by atoms with van der Waals surface area (Å²) in [5.41, 5.74) is 2.40. The second-order valence-corrected chi connectivity index (χ2v) is 6.36. The molecule has 2 rings (SSSR count). The van der Waals surface area contributed by atoms with E-state index in [0.717, 1.165) is 17.6 Å². The van der Waals surface area contributed by atoms with Crippen molar-refractivity contribution in [2.24, 2.45) is 0 Å². The summed E-state index contributed by atoms with van der Waals surface area (Å²) in [6.07, 6.45) is 0. The van der Waals surface area contributed by atoms with E-state index in [2.05, 4.69) is 74.4 Å². The molecule has 0 spiro atoms. The van der Waals surface area contributed by atoms with Gasteiger partial charge in [0.15, 0.2) is 0 Å². The summed E-state index contributed by atoms with van der Waals surface area (Å²) in [5.74, 6) is 0. The number of benzene rings is 2. The molecular weight excluding hydrogens is 272 g/mol. The lowest BCUT2D eigenvalue weighted by molar-refractivity contribution is -0.911. The Hall–Kier alpha value is -1.84. The number of aliphatic hydroxyl groups is 1. The molecule has 0 aliphatic rings. The second kappa shape index (κ2) is 7.43. The lowest BCUT2D eigenvalue weighted by Gasteiger charge is -2.39. The van der Waals surface area contributed by atoms with Gasteiger partial charge in [-0.15, -0.1) is 0 Å². The van der Waals surface area contributed by atoms with E-state index in [1.165, 1.54) is 11.4 Å². The summed E-state index contributed by atoms with van der Waals surface area (Å²) in [4.78, 5) is 2.35.